The van der Waals surface area contributed by atoms with Gasteiger partial charge in [-0.15, -0.1) is 0 Å². The molecule has 2 heterocycles. The van der Waals surface area contributed by atoms with Gasteiger partial charge in [0.2, 0.25) is 0 Å². The highest BCUT2D eigenvalue weighted by atomic mass is 15.1. The van der Waals surface area contributed by atoms with Crippen LogP contribution in [-0.2, 0) is 6.42 Å². The van der Waals surface area contributed by atoms with Crippen molar-refractivity contribution in [1.29, 1.82) is 0 Å². The summed E-state index contributed by atoms with van der Waals surface area (Å²) >= 11 is 0. The third-order valence-electron chi connectivity index (χ3n) is 4.64. The van der Waals surface area contributed by atoms with Gasteiger partial charge in [0, 0.05) is 12.5 Å². The fraction of sp³-hybridized carbons (Fsp3) is 0.611. The zero-order chi connectivity index (χ0) is 15.0. The highest BCUT2D eigenvalue weighted by Crippen LogP contribution is 2.29. The number of rotatable bonds is 3. The highest BCUT2D eigenvalue weighted by Gasteiger charge is 2.22. The van der Waals surface area contributed by atoms with Crippen LogP contribution in [0.3, 0.4) is 0 Å². The molecule has 1 N–H and O–H groups in total. The molecule has 1 aliphatic heterocycles. The third-order valence-corrected chi connectivity index (χ3v) is 4.64. The van der Waals surface area contributed by atoms with E-state index in [1.165, 1.54) is 40.8 Å². The second-order valence-corrected chi connectivity index (χ2v) is 6.90. The van der Waals surface area contributed by atoms with Crippen LogP contribution in [0.2, 0.25) is 0 Å². The fourth-order valence-corrected chi connectivity index (χ4v) is 3.38. The first-order valence-corrected chi connectivity index (χ1v) is 8.25. The molecule has 1 aliphatic rings. The average Bonchev–Trinajstić information content (AvgIpc) is 2.76. The molecule has 2 aromatic rings. The molecule has 3 rings (SSSR count). The minimum absolute atomic E-state index is 0.604. The van der Waals surface area contributed by atoms with E-state index in [1.54, 1.807) is 0 Å². The second kappa shape index (κ2) is 5.80. The predicted molar refractivity (Wildman–Crippen MR) is 88.9 cm³/mol. The van der Waals surface area contributed by atoms with Crippen LogP contribution in [0.5, 0.6) is 0 Å². The summed E-state index contributed by atoms with van der Waals surface area (Å²) in [5.74, 6) is 1.92. The molecule has 1 aromatic carbocycles. The van der Waals surface area contributed by atoms with Gasteiger partial charge in [-0.1, -0.05) is 13.8 Å². The number of aromatic nitrogens is 2. The van der Waals surface area contributed by atoms with Crippen molar-refractivity contribution in [2.75, 3.05) is 13.1 Å². The van der Waals surface area contributed by atoms with Crippen molar-refractivity contribution in [2.45, 2.75) is 53.0 Å². The zero-order valence-corrected chi connectivity index (χ0v) is 13.7. The highest BCUT2D eigenvalue weighted by molar-refractivity contribution is 5.78. The molecule has 114 valence electrons. The monoisotopic (exact) mass is 285 g/mol. The van der Waals surface area contributed by atoms with Crippen molar-refractivity contribution >= 4 is 11.0 Å². The van der Waals surface area contributed by atoms with Gasteiger partial charge in [-0.2, -0.15) is 0 Å². The van der Waals surface area contributed by atoms with Crippen molar-refractivity contribution in [2.24, 2.45) is 5.92 Å². The lowest BCUT2D eigenvalue weighted by atomic mass is 10.0. The number of piperidine rings is 1. The summed E-state index contributed by atoms with van der Waals surface area (Å²) < 4.78 is 2.54. The molecule has 1 saturated heterocycles. The molecule has 0 spiro atoms. The van der Waals surface area contributed by atoms with E-state index < -0.39 is 0 Å². The van der Waals surface area contributed by atoms with Crippen molar-refractivity contribution < 1.29 is 0 Å². The average molecular weight is 285 g/mol. The minimum atomic E-state index is 0.604. The van der Waals surface area contributed by atoms with E-state index in [1.807, 2.05) is 0 Å². The molecule has 1 aromatic heterocycles. The van der Waals surface area contributed by atoms with Gasteiger partial charge in [0.1, 0.15) is 5.82 Å². The van der Waals surface area contributed by atoms with E-state index in [9.17, 15) is 0 Å². The lowest BCUT2D eigenvalue weighted by molar-refractivity contribution is 0.363. The number of aryl methyl sites for hydroxylation is 2. The smallest absolute Gasteiger partial charge is 0.110 e. The molecular weight excluding hydrogens is 258 g/mol. The first-order chi connectivity index (χ1) is 10.1. The van der Waals surface area contributed by atoms with Crippen LogP contribution in [0, 0.1) is 19.8 Å². The number of hydrogen-bond donors (Lipinski definition) is 1. The van der Waals surface area contributed by atoms with Gasteiger partial charge in [-0.05, 0) is 69.0 Å². The van der Waals surface area contributed by atoms with Gasteiger partial charge in [0.25, 0.3) is 0 Å². The molecule has 0 atom stereocenters. The maximum atomic E-state index is 4.97. The summed E-state index contributed by atoms with van der Waals surface area (Å²) in [6.07, 6.45) is 3.49. The normalized spacial score (nSPS) is 17.0. The number of nitrogens with zero attached hydrogens (tertiary/aromatic N) is 2. The van der Waals surface area contributed by atoms with Crippen molar-refractivity contribution in [3.63, 3.8) is 0 Å². The Bertz CT molecular complexity index is 633. The maximum Gasteiger partial charge on any atom is 0.110 e. The van der Waals surface area contributed by atoms with Gasteiger partial charge >= 0.3 is 0 Å². The van der Waals surface area contributed by atoms with Crippen molar-refractivity contribution in [1.82, 2.24) is 14.9 Å². The largest absolute Gasteiger partial charge is 0.325 e. The first kappa shape index (κ1) is 14.6. The molecule has 0 saturated carbocycles. The van der Waals surface area contributed by atoms with Gasteiger partial charge < -0.3 is 9.88 Å². The van der Waals surface area contributed by atoms with Gasteiger partial charge in [-0.3, -0.25) is 0 Å². The molecule has 21 heavy (non-hydrogen) atoms. The number of imidazole rings is 1. The molecule has 0 aliphatic carbocycles. The Morgan fingerprint density at radius 3 is 2.52 bits per heavy atom. The summed E-state index contributed by atoms with van der Waals surface area (Å²) in [6, 6.07) is 5.20. The van der Waals surface area contributed by atoms with Crippen LogP contribution in [0.15, 0.2) is 12.1 Å². The molecule has 0 unspecified atom stereocenters. The van der Waals surface area contributed by atoms with Crippen LogP contribution in [0.25, 0.3) is 11.0 Å². The molecular formula is C18H27N3. The number of nitrogens with one attached hydrogen (secondary N) is 1. The number of fused-ring (bicyclic) bond motifs is 1. The summed E-state index contributed by atoms with van der Waals surface area (Å²) in [4.78, 5) is 4.97. The summed E-state index contributed by atoms with van der Waals surface area (Å²) in [6.45, 7) is 11.2. The van der Waals surface area contributed by atoms with E-state index in [-0.39, 0.29) is 0 Å². The van der Waals surface area contributed by atoms with Crippen LogP contribution in [-0.4, -0.2) is 22.6 Å². The zero-order valence-electron chi connectivity index (χ0n) is 13.7. The topological polar surface area (TPSA) is 29.9 Å². The predicted octanol–water partition coefficient (Wildman–Crippen LogP) is 3.78. The summed E-state index contributed by atoms with van der Waals surface area (Å²) in [7, 11) is 0. The van der Waals surface area contributed by atoms with Crippen LogP contribution in [0.1, 0.15) is 49.7 Å². The van der Waals surface area contributed by atoms with Crippen LogP contribution < -0.4 is 5.32 Å². The quantitative estimate of drug-likeness (QED) is 0.930. The summed E-state index contributed by atoms with van der Waals surface area (Å²) in [5, 5.41) is 3.47. The lowest BCUT2D eigenvalue weighted by Gasteiger charge is -2.26. The Hall–Kier alpha value is -1.35. The first-order valence-electron chi connectivity index (χ1n) is 8.25. The van der Waals surface area contributed by atoms with Crippen molar-refractivity contribution in [3.05, 3.63) is 29.1 Å². The van der Waals surface area contributed by atoms with Gasteiger partial charge in [0.05, 0.1) is 11.0 Å². The van der Waals surface area contributed by atoms with E-state index in [4.69, 9.17) is 4.98 Å². The molecule has 0 radical (unpaired) electrons. The number of hydrogen-bond acceptors (Lipinski definition) is 2. The SMILES string of the molecule is Cc1cc2nc(CC(C)C)n(C3CCNCC3)c2cc1C. The van der Waals surface area contributed by atoms with Crippen LogP contribution in [0.4, 0.5) is 0 Å². The molecule has 0 bridgehead atoms. The minimum Gasteiger partial charge on any atom is -0.325 e. The molecule has 3 nitrogen and oxygen atoms in total. The Morgan fingerprint density at radius 1 is 1.19 bits per heavy atom. The number of benzene rings is 1. The van der Waals surface area contributed by atoms with E-state index >= 15 is 0 Å². The van der Waals surface area contributed by atoms with Gasteiger partial charge in [-0.25, -0.2) is 4.98 Å². The fourth-order valence-electron chi connectivity index (χ4n) is 3.38. The molecule has 1 fully saturated rings. The standard InChI is InChI=1S/C18H27N3/c1-12(2)9-18-20-16-10-13(3)14(4)11-17(16)21(18)15-5-7-19-8-6-15/h10-12,15,19H,5-9H2,1-4H3. The molecule has 0 amide bonds. The van der Waals surface area contributed by atoms with E-state index in [0.717, 1.165) is 19.5 Å². The van der Waals surface area contributed by atoms with Crippen LogP contribution >= 0.6 is 0 Å². The van der Waals surface area contributed by atoms with Crippen molar-refractivity contribution in [3.8, 4) is 0 Å². The maximum absolute atomic E-state index is 4.97. The summed E-state index contributed by atoms with van der Waals surface area (Å²) in [5.41, 5.74) is 5.22. The Kier molecular flexibility index (Phi) is 4.03. The van der Waals surface area contributed by atoms with E-state index in [2.05, 4.69) is 49.7 Å². The third kappa shape index (κ3) is 2.84. The lowest BCUT2D eigenvalue weighted by Crippen LogP contribution is -2.30. The Morgan fingerprint density at radius 2 is 1.86 bits per heavy atom. The molecule has 3 heteroatoms. The Labute approximate surface area is 127 Å². The van der Waals surface area contributed by atoms with E-state index in [0.29, 0.717) is 12.0 Å². The van der Waals surface area contributed by atoms with Gasteiger partial charge in [0.15, 0.2) is 0 Å². The Balaban J connectivity index is 2.13. The second-order valence-electron chi connectivity index (χ2n) is 6.90.